The van der Waals surface area contributed by atoms with Gasteiger partial charge in [-0.25, -0.2) is 0 Å². The molecule has 1 amide bonds. The largest absolute Gasteiger partial charge is 0.357 e. The van der Waals surface area contributed by atoms with Crippen molar-refractivity contribution in [1.82, 2.24) is 20.4 Å². The average molecular weight is 540 g/mol. The van der Waals surface area contributed by atoms with Crippen LogP contribution in [0.2, 0.25) is 0 Å². The molecule has 0 spiro atoms. The Labute approximate surface area is 204 Å². The number of amides is 1. The highest BCUT2D eigenvalue weighted by molar-refractivity contribution is 14.0. The number of guanidine groups is 1. The van der Waals surface area contributed by atoms with Crippen LogP contribution >= 0.6 is 24.0 Å². The summed E-state index contributed by atoms with van der Waals surface area (Å²) in [5.41, 5.74) is 1.42. The number of hydrogen-bond donors (Lipinski definition) is 2. The van der Waals surface area contributed by atoms with E-state index in [0.29, 0.717) is 25.0 Å². The van der Waals surface area contributed by atoms with Crippen LogP contribution in [0.4, 0.5) is 0 Å². The molecule has 3 fully saturated rings. The maximum absolute atomic E-state index is 11.8. The summed E-state index contributed by atoms with van der Waals surface area (Å²) < 4.78 is 0. The monoisotopic (exact) mass is 539 g/mol. The van der Waals surface area contributed by atoms with Gasteiger partial charge in [0.05, 0.1) is 6.54 Å². The van der Waals surface area contributed by atoms with E-state index >= 15 is 0 Å². The van der Waals surface area contributed by atoms with Crippen LogP contribution in [0.25, 0.3) is 0 Å². The predicted molar refractivity (Wildman–Crippen MR) is 137 cm³/mol. The second-order valence-corrected chi connectivity index (χ2v) is 8.96. The van der Waals surface area contributed by atoms with Crippen LogP contribution in [0.3, 0.4) is 0 Å². The van der Waals surface area contributed by atoms with Gasteiger partial charge in [-0.05, 0) is 57.1 Å². The molecule has 2 atom stereocenters. The van der Waals surface area contributed by atoms with E-state index in [1.165, 1.54) is 31.4 Å². The minimum Gasteiger partial charge on any atom is -0.357 e. The molecule has 1 aliphatic carbocycles. The molecule has 2 heterocycles. The Balaban J connectivity index is 0.00000272. The molecule has 31 heavy (non-hydrogen) atoms. The topological polar surface area (TPSA) is 60.0 Å². The first kappa shape index (κ1) is 24.3. The van der Waals surface area contributed by atoms with E-state index in [9.17, 15) is 4.79 Å². The number of nitrogens with zero attached hydrogens (tertiary/aromatic N) is 3. The smallest absolute Gasteiger partial charge is 0.223 e. The third-order valence-corrected chi connectivity index (χ3v) is 6.67. The van der Waals surface area contributed by atoms with Gasteiger partial charge in [0, 0.05) is 44.7 Å². The third-order valence-electron chi connectivity index (χ3n) is 6.67. The van der Waals surface area contributed by atoms with Gasteiger partial charge in [-0.3, -0.25) is 14.7 Å². The first-order valence-electron chi connectivity index (χ1n) is 11.8. The molecule has 1 aromatic carbocycles. The van der Waals surface area contributed by atoms with Gasteiger partial charge in [-0.1, -0.05) is 30.3 Å². The fourth-order valence-corrected chi connectivity index (χ4v) is 4.97. The molecule has 1 saturated carbocycles. The first-order valence-corrected chi connectivity index (χ1v) is 11.8. The molecule has 7 heteroatoms. The lowest BCUT2D eigenvalue weighted by Crippen LogP contribution is -2.56. The lowest BCUT2D eigenvalue weighted by molar-refractivity contribution is -0.122. The maximum atomic E-state index is 11.8. The number of halogens is 1. The number of fused-ring (bicyclic) bond motifs is 1. The molecule has 4 rings (SSSR count). The standard InChI is InChI=1S/C24H37N5O.HI/c1-2-25-24(27-14-13-26-23(30)20-10-11-20)29-16-12-22-21(18-29)9-6-15-28(22)17-19-7-4-3-5-8-19;/h3-5,7-8,20-22H,2,6,9-18H2,1H3,(H,25,27)(H,26,30);1H. The normalized spacial score (nSPS) is 24.2. The van der Waals surface area contributed by atoms with Crippen molar-refractivity contribution < 1.29 is 4.79 Å². The molecule has 2 saturated heterocycles. The Kier molecular flexibility index (Phi) is 9.44. The highest BCUT2D eigenvalue weighted by atomic mass is 127. The number of piperidine rings is 2. The molecule has 2 unspecified atom stereocenters. The van der Waals surface area contributed by atoms with Crippen molar-refractivity contribution in [3.63, 3.8) is 0 Å². The number of hydrogen-bond acceptors (Lipinski definition) is 3. The molecular formula is C24H38IN5O. The molecule has 2 aliphatic heterocycles. The Bertz CT molecular complexity index is 724. The van der Waals surface area contributed by atoms with Crippen LogP contribution in [0.15, 0.2) is 35.3 Å². The van der Waals surface area contributed by atoms with Gasteiger partial charge in [0.25, 0.3) is 0 Å². The van der Waals surface area contributed by atoms with E-state index in [4.69, 9.17) is 4.99 Å². The van der Waals surface area contributed by atoms with Crippen LogP contribution in [0.1, 0.15) is 44.6 Å². The van der Waals surface area contributed by atoms with Crippen molar-refractivity contribution >= 4 is 35.8 Å². The minimum atomic E-state index is 0. The Morgan fingerprint density at radius 1 is 1.10 bits per heavy atom. The Morgan fingerprint density at radius 3 is 2.65 bits per heavy atom. The lowest BCUT2D eigenvalue weighted by atomic mass is 9.83. The predicted octanol–water partition coefficient (Wildman–Crippen LogP) is 3.08. The van der Waals surface area contributed by atoms with Gasteiger partial charge in [0.2, 0.25) is 5.91 Å². The van der Waals surface area contributed by atoms with E-state index in [0.717, 1.165) is 45.0 Å². The van der Waals surface area contributed by atoms with E-state index in [1.54, 1.807) is 0 Å². The summed E-state index contributed by atoms with van der Waals surface area (Å²) in [5, 5.41) is 6.49. The fraction of sp³-hybridized carbons (Fsp3) is 0.667. The third kappa shape index (κ3) is 6.81. The SMILES string of the molecule is CCNC(=NCCNC(=O)C1CC1)N1CCC2C(CCCN2Cc2ccccc2)C1.I. The van der Waals surface area contributed by atoms with Gasteiger partial charge in [-0.2, -0.15) is 0 Å². The fourth-order valence-electron chi connectivity index (χ4n) is 4.97. The molecular weight excluding hydrogens is 501 g/mol. The number of nitrogens with one attached hydrogen (secondary N) is 2. The van der Waals surface area contributed by atoms with Crippen LogP contribution in [-0.2, 0) is 11.3 Å². The number of aliphatic imine (C=N–C) groups is 1. The molecule has 6 nitrogen and oxygen atoms in total. The number of rotatable bonds is 7. The van der Waals surface area contributed by atoms with Crippen LogP contribution < -0.4 is 10.6 Å². The van der Waals surface area contributed by atoms with Crippen molar-refractivity contribution in [3.8, 4) is 0 Å². The van der Waals surface area contributed by atoms with Gasteiger partial charge in [0.15, 0.2) is 5.96 Å². The minimum absolute atomic E-state index is 0. The van der Waals surface area contributed by atoms with E-state index < -0.39 is 0 Å². The van der Waals surface area contributed by atoms with E-state index in [1.807, 2.05) is 0 Å². The van der Waals surface area contributed by atoms with Crippen molar-refractivity contribution in [2.24, 2.45) is 16.8 Å². The molecule has 1 aromatic rings. The second kappa shape index (κ2) is 12.0. The molecule has 2 N–H and O–H groups in total. The molecule has 172 valence electrons. The van der Waals surface area contributed by atoms with Gasteiger partial charge in [-0.15, -0.1) is 24.0 Å². The highest BCUT2D eigenvalue weighted by Gasteiger charge is 2.36. The van der Waals surface area contributed by atoms with Crippen molar-refractivity contribution in [3.05, 3.63) is 35.9 Å². The molecule has 0 radical (unpaired) electrons. The van der Waals surface area contributed by atoms with Crippen molar-refractivity contribution in [1.29, 1.82) is 0 Å². The zero-order valence-corrected chi connectivity index (χ0v) is 21.1. The second-order valence-electron chi connectivity index (χ2n) is 8.96. The highest BCUT2D eigenvalue weighted by Crippen LogP contribution is 2.32. The number of carbonyl (C=O) groups excluding carboxylic acids is 1. The summed E-state index contributed by atoms with van der Waals surface area (Å²) in [6.45, 7) is 8.68. The number of benzene rings is 1. The van der Waals surface area contributed by atoms with E-state index in [2.05, 4.69) is 57.7 Å². The van der Waals surface area contributed by atoms with Crippen LogP contribution in [-0.4, -0.2) is 67.0 Å². The van der Waals surface area contributed by atoms with Crippen molar-refractivity contribution in [2.75, 3.05) is 39.3 Å². The first-order chi connectivity index (χ1) is 14.7. The summed E-state index contributed by atoms with van der Waals surface area (Å²) >= 11 is 0. The number of likely N-dealkylation sites (tertiary alicyclic amines) is 2. The summed E-state index contributed by atoms with van der Waals surface area (Å²) in [5.74, 6) is 2.19. The lowest BCUT2D eigenvalue weighted by Gasteiger charge is -2.48. The summed E-state index contributed by atoms with van der Waals surface area (Å²) in [6, 6.07) is 11.6. The van der Waals surface area contributed by atoms with Gasteiger partial charge >= 0.3 is 0 Å². The van der Waals surface area contributed by atoms with Gasteiger partial charge in [0.1, 0.15) is 0 Å². The summed E-state index contributed by atoms with van der Waals surface area (Å²) in [4.78, 5) is 21.8. The molecule has 0 aromatic heterocycles. The summed E-state index contributed by atoms with van der Waals surface area (Å²) in [7, 11) is 0. The van der Waals surface area contributed by atoms with E-state index in [-0.39, 0.29) is 35.8 Å². The Morgan fingerprint density at radius 2 is 1.90 bits per heavy atom. The average Bonchev–Trinajstić information content (AvgIpc) is 3.62. The van der Waals surface area contributed by atoms with Crippen LogP contribution in [0.5, 0.6) is 0 Å². The number of carbonyl (C=O) groups is 1. The Hall–Kier alpha value is -1.35. The zero-order valence-electron chi connectivity index (χ0n) is 18.8. The molecule has 0 bridgehead atoms. The van der Waals surface area contributed by atoms with Crippen LogP contribution in [0, 0.1) is 11.8 Å². The zero-order chi connectivity index (χ0) is 20.8. The van der Waals surface area contributed by atoms with Gasteiger partial charge < -0.3 is 15.5 Å². The maximum Gasteiger partial charge on any atom is 0.223 e. The van der Waals surface area contributed by atoms with Crippen molar-refractivity contribution in [2.45, 2.75) is 51.6 Å². The summed E-state index contributed by atoms with van der Waals surface area (Å²) in [6.07, 6.45) is 5.89. The quantitative estimate of drug-likeness (QED) is 0.242. The molecule has 3 aliphatic rings.